The number of nitrogens with one attached hydrogen (secondary N) is 1. The molecule has 5 atom stereocenters. The number of aromatic nitrogens is 2. The highest BCUT2D eigenvalue weighted by molar-refractivity contribution is 5.95. The quantitative estimate of drug-likeness (QED) is 0.419. The fourth-order valence-electron chi connectivity index (χ4n) is 5.92. The van der Waals surface area contributed by atoms with Crippen LogP contribution >= 0.6 is 0 Å². The summed E-state index contributed by atoms with van der Waals surface area (Å²) < 4.78 is 17.0. The molecule has 0 radical (unpaired) electrons. The van der Waals surface area contributed by atoms with Crippen LogP contribution < -0.4 is 14.8 Å². The first-order valence-electron chi connectivity index (χ1n) is 14.4. The molecule has 1 aromatic heterocycles. The van der Waals surface area contributed by atoms with E-state index in [1.807, 2.05) is 36.4 Å². The Kier molecular flexibility index (Phi) is 8.56. The molecule has 1 N–H and O–H groups in total. The van der Waals surface area contributed by atoms with Gasteiger partial charge in [-0.25, -0.2) is 4.79 Å². The Hall–Kier alpha value is -3.95. The van der Waals surface area contributed by atoms with Gasteiger partial charge >= 0.3 is 12.0 Å². The van der Waals surface area contributed by atoms with Crippen molar-refractivity contribution in [3.63, 3.8) is 0 Å². The van der Waals surface area contributed by atoms with E-state index in [0.29, 0.717) is 37.4 Å². The van der Waals surface area contributed by atoms with Gasteiger partial charge in [-0.15, -0.1) is 0 Å². The van der Waals surface area contributed by atoms with Crippen LogP contribution in [0.1, 0.15) is 45.4 Å². The zero-order valence-corrected chi connectivity index (χ0v) is 23.9. The Morgan fingerprint density at radius 2 is 1.90 bits per heavy atom. The number of esters is 1. The van der Waals surface area contributed by atoms with E-state index in [1.165, 1.54) is 7.11 Å². The van der Waals surface area contributed by atoms with Crippen LogP contribution in [0.25, 0.3) is 11.3 Å². The van der Waals surface area contributed by atoms with E-state index in [1.54, 1.807) is 24.9 Å². The molecule has 41 heavy (non-hydrogen) atoms. The smallest absolute Gasteiger partial charge is 0.332 e. The Bertz CT molecular complexity index is 1300. The van der Waals surface area contributed by atoms with Crippen molar-refractivity contribution in [2.45, 2.75) is 57.1 Å². The number of fused-ring (bicyclic) bond motifs is 2. The first-order valence-corrected chi connectivity index (χ1v) is 14.4. The van der Waals surface area contributed by atoms with E-state index in [2.05, 4.69) is 21.4 Å². The van der Waals surface area contributed by atoms with Crippen molar-refractivity contribution in [1.82, 2.24) is 20.2 Å². The molecule has 2 fully saturated rings. The lowest BCUT2D eigenvalue weighted by molar-refractivity contribution is -0.150. The highest BCUT2D eigenvalue weighted by atomic mass is 16.5. The summed E-state index contributed by atoms with van der Waals surface area (Å²) in [5.41, 5.74) is 0.435. The minimum Gasteiger partial charge on any atom is -0.474 e. The van der Waals surface area contributed by atoms with Gasteiger partial charge in [0, 0.05) is 31.1 Å². The molecule has 2 amide bonds. The number of rotatable bonds is 6. The maximum Gasteiger partial charge on any atom is 0.332 e. The number of carbonyl (C=O) groups is 3. The van der Waals surface area contributed by atoms with E-state index < -0.39 is 29.4 Å². The third-order valence-electron chi connectivity index (χ3n) is 8.25. The number of hydrogen-bond acceptors (Lipinski definition) is 8. The molecule has 0 bridgehead atoms. The van der Waals surface area contributed by atoms with Crippen LogP contribution in [0.4, 0.5) is 0 Å². The van der Waals surface area contributed by atoms with E-state index in [0.717, 1.165) is 24.8 Å². The number of methoxy groups -OCH3 is 1. The molecule has 2 aliphatic carbocycles. The fourth-order valence-corrected chi connectivity index (χ4v) is 5.92. The number of hydrogen-bond donors (Lipinski definition) is 1. The van der Waals surface area contributed by atoms with Gasteiger partial charge in [-0.1, -0.05) is 42.5 Å². The van der Waals surface area contributed by atoms with Crippen molar-refractivity contribution in [3.8, 4) is 23.1 Å². The average Bonchev–Trinajstić information content (AvgIpc) is 3.51. The molecule has 10 nitrogen and oxygen atoms in total. The molecule has 1 aliphatic heterocycles. The van der Waals surface area contributed by atoms with E-state index in [4.69, 9.17) is 14.2 Å². The van der Waals surface area contributed by atoms with Gasteiger partial charge in [0.05, 0.1) is 31.2 Å². The number of amides is 2. The van der Waals surface area contributed by atoms with Gasteiger partial charge in [0.25, 0.3) is 0 Å². The number of ether oxygens (including phenoxy) is 3. The third kappa shape index (κ3) is 6.21. The molecule has 1 aromatic carbocycles. The number of carbonyl (C=O) groups excluding carboxylic acids is 3. The summed E-state index contributed by atoms with van der Waals surface area (Å²) >= 11 is 0. The van der Waals surface area contributed by atoms with Gasteiger partial charge in [-0.3, -0.25) is 9.59 Å². The van der Waals surface area contributed by atoms with Crippen LogP contribution in [0.2, 0.25) is 0 Å². The molecular formula is C31H38N4O6. The molecule has 0 saturated heterocycles. The number of nitrogens with zero attached hydrogens (tertiary/aromatic N) is 3. The molecule has 2 aromatic rings. The lowest BCUT2D eigenvalue weighted by atomic mass is 9.93. The van der Waals surface area contributed by atoms with Crippen molar-refractivity contribution < 1.29 is 28.6 Å². The first kappa shape index (κ1) is 28.6. The minimum absolute atomic E-state index is 0.0911. The van der Waals surface area contributed by atoms with E-state index >= 15 is 0 Å². The van der Waals surface area contributed by atoms with Crippen molar-refractivity contribution in [1.29, 1.82) is 0 Å². The maximum atomic E-state index is 13.8. The lowest BCUT2D eigenvalue weighted by Gasteiger charge is -2.26. The van der Waals surface area contributed by atoms with Crippen LogP contribution in [0.3, 0.4) is 0 Å². The highest BCUT2D eigenvalue weighted by Crippen LogP contribution is 2.47. The van der Waals surface area contributed by atoms with Crippen LogP contribution in [-0.2, 0) is 19.1 Å². The molecule has 0 unspecified atom stereocenters. The van der Waals surface area contributed by atoms with Crippen molar-refractivity contribution in [3.05, 3.63) is 48.6 Å². The van der Waals surface area contributed by atoms with E-state index in [9.17, 15) is 14.4 Å². The standard InChI is InChI=1S/C31H38N4O6/c1-4-40-29(38)31-19-21(31)14-10-5-6-11-15-35(2)28(37)24-17-22(16-23(24)27(36)34-31)41-26-18-25(32-30(33-26)39-3)20-12-8-7-9-13-20/h7-10,12-14,18,21-24H,4-6,11,15-17,19H2,1-3H3,(H,34,36)/b14-10-/t21-,22+,23+,24+,31+/m0/s1. The van der Waals surface area contributed by atoms with Crippen LogP contribution in [0.15, 0.2) is 48.6 Å². The highest BCUT2D eigenvalue weighted by Gasteiger charge is 2.62. The van der Waals surface area contributed by atoms with Crippen molar-refractivity contribution >= 4 is 17.8 Å². The predicted molar refractivity (Wildman–Crippen MR) is 151 cm³/mol. The van der Waals surface area contributed by atoms with Gasteiger partial charge in [0.2, 0.25) is 17.7 Å². The summed E-state index contributed by atoms with van der Waals surface area (Å²) in [5.74, 6) is -1.90. The average molecular weight is 563 g/mol. The molecule has 10 heteroatoms. The van der Waals surface area contributed by atoms with E-state index in [-0.39, 0.29) is 30.3 Å². The summed E-state index contributed by atoms with van der Waals surface area (Å²) in [4.78, 5) is 50.9. The van der Waals surface area contributed by atoms with Crippen LogP contribution in [0, 0.1) is 17.8 Å². The van der Waals surface area contributed by atoms with Gasteiger partial charge in [-0.2, -0.15) is 9.97 Å². The second-order valence-electron chi connectivity index (χ2n) is 11.0. The lowest BCUT2D eigenvalue weighted by Crippen LogP contribution is -2.50. The number of allylic oxidation sites excluding steroid dienone is 1. The second kappa shape index (κ2) is 12.3. The summed E-state index contributed by atoms with van der Waals surface area (Å²) in [7, 11) is 3.27. The largest absolute Gasteiger partial charge is 0.474 e. The molecule has 0 spiro atoms. The SMILES string of the molecule is CCOC(=O)[C@@]12C[C@@H]1/C=C\CCCCN(C)C(=O)[C@@H]1C[C@H](Oc3cc(-c4ccccc4)nc(OC)n3)C[C@H]1C(=O)N2. The molecular weight excluding hydrogens is 524 g/mol. The summed E-state index contributed by atoms with van der Waals surface area (Å²) in [6.07, 6.45) is 7.41. The third-order valence-corrected chi connectivity index (χ3v) is 8.25. The summed E-state index contributed by atoms with van der Waals surface area (Å²) in [5, 5.41) is 3.01. The zero-order valence-electron chi connectivity index (χ0n) is 23.9. The van der Waals surface area contributed by atoms with Gasteiger partial charge in [-0.05, 0) is 45.4 Å². The number of benzene rings is 1. The fraction of sp³-hybridized carbons (Fsp3) is 0.516. The van der Waals surface area contributed by atoms with Gasteiger partial charge in [0.1, 0.15) is 11.6 Å². The Labute approximate surface area is 240 Å². The van der Waals surface area contributed by atoms with Crippen LogP contribution in [-0.4, -0.2) is 71.6 Å². The van der Waals surface area contributed by atoms with Crippen molar-refractivity contribution in [2.75, 3.05) is 27.3 Å². The molecule has 5 rings (SSSR count). The first-order chi connectivity index (χ1) is 19.8. The second-order valence-corrected chi connectivity index (χ2v) is 11.0. The monoisotopic (exact) mass is 562 g/mol. The van der Waals surface area contributed by atoms with Gasteiger partial charge < -0.3 is 24.4 Å². The maximum absolute atomic E-state index is 13.8. The molecule has 2 heterocycles. The molecule has 2 saturated carbocycles. The topological polar surface area (TPSA) is 120 Å². The van der Waals surface area contributed by atoms with Crippen molar-refractivity contribution in [2.24, 2.45) is 17.8 Å². The predicted octanol–water partition coefficient (Wildman–Crippen LogP) is 3.56. The summed E-state index contributed by atoms with van der Waals surface area (Å²) in [6.45, 7) is 2.59. The molecule has 3 aliphatic rings. The zero-order chi connectivity index (χ0) is 29.0. The normalized spacial score (nSPS) is 28.9. The Morgan fingerprint density at radius 3 is 2.66 bits per heavy atom. The Morgan fingerprint density at radius 1 is 1.12 bits per heavy atom. The summed E-state index contributed by atoms with van der Waals surface area (Å²) in [6, 6.07) is 11.5. The minimum atomic E-state index is -1.09. The molecule has 218 valence electrons. The van der Waals surface area contributed by atoms with Gasteiger partial charge in [0.15, 0.2) is 0 Å². The Balaban J connectivity index is 1.40. The van der Waals surface area contributed by atoms with Crippen LogP contribution in [0.5, 0.6) is 11.9 Å².